The van der Waals surface area contributed by atoms with Crippen LogP contribution in [-0.2, 0) is 11.4 Å². The van der Waals surface area contributed by atoms with Crippen molar-refractivity contribution in [1.29, 1.82) is 0 Å². The summed E-state index contributed by atoms with van der Waals surface area (Å²) in [6.45, 7) is 0.831. The predicted molar refractivity (Wildman–Crippen MR) is 52.2 cm³/mol. The molecule has 0 heterocycles. The molecule has 0 saturated heterocycles. The fourth-order valence-electron chi connectivity index (χ4n) is 0.905. The molecule has 1 aromatic rings. The normalized spacial score (nSPS) is 9.58. The molecule has 0 aromatic heterocycles. The quantitative estimate of drug-likeness (QED) is 0.673. The van der Waals surface area contributed by atoms with Crippen molar-refractivity contribution in [2.75, 3.05) is 14.2 Å². The number of rotatable bonds is 3. The molecule has 0 aliphatic carbocycles. The molecule has 1 aromatic carbocycles. The maximum Gasteiger partial charge on any atom is 0.0575 e. The highest BCUT2D eigenvalue weighted by molar-refractivity contribution is 5.85. The van der Waals surface area contributed by atoms with E-state index in [2.05, 4.69) is 12.1 Å². The van der Waals surface area contributed by atoms with Crippen molar-refractivity contribution in [3.8, 4) is 0 Å². The first-order chi connectivity index (χ1) is 5.33. The molecule has 0 bridgehead atoms. The van der Waals surface area contributed by atoms with Crippen molar-refractivity contribution in [2.24, 2.45) is 0 Å². The van der Waals surface area contributed by atoms with Crippen LogP contribution in [0, 0.1) is 0 Å². The lowest BCUT2D eigenvalue weighted by molar-refractivity contribution is -0.116. The third-order valence-electron chi connectivity index (χ3n) is 1.56. The fourth-order valence-corrected chi connectivity index (χ4v) is 0.905. The van der Waals surface area contributed by atoms with Crippen molar-refractivity contribution < 1.29 is 4.84 Å². The molecular formula is C9H14ClNO. The summed E-state index contributed by atoms with van der Waals surface area (Å²) in [5.41, 5.74) is 1.26. The summed E-state index contributed by atoms with van der Waals surface area (Å²) in [6.07, 6.45) is 0. The number of benzene rings is 1. The average molecular weight is 188 g/mol. The fraction of sp³-hybridized carbons (Fsp3) is 0.333. The Morgan fingerprint density at radius 3 is 2.33 bits per heavy atom. The van der Waals surface area contributed by atoms with Gasteiger partial charge in [-0.15, -0.1) is 12.4 Å². The molecule has 0 fully saturated rings. The second-order valence-electron chi connectivity index (χ2n) is 2.45. The molecule has 12 heavy (non-hydrogen) atoms. The van der Waals surface area contributed by atoms with Gasteiger partial charge in [-0.2, -0.15) is 5.06 Å². The molecule has 0 saturated carbocycles. The van der Waals surface area contributed by atoms with Crippen molar-refractivity contribution >= 4 is 12.4 Å². The van der Waals surface area contributed by atoms with E-state index in [-0.39, 0.29) is 12.4 Å². The van der Waals surface area contributed by atoms with Gasteiger partial charge in [-0.3, -0.25) is 0 Å². The highest BCUT2D eigenvalue weighted by Gasteiger charge is 1.95. The number of hydrogen-bond donors (Lipinski definition) is 0. The summed E-state index contributed by atoms with van der Waals surface area (Å²) < 4.78 is 0. The molecule has 0 N–H and O–H groups in total. The van der Waals surface area contributed by atoms with Crippen molar-refractivity contribution in [1.82, 2.24) is 5.06 Å². The molecular weight excluding hydrogens is 174 g/mol. The highest BCUT2D eigenvalue weighted by Crippen LogP contribution is 2.01. The van der Waals surface area contributed by atoms with Gasteiger partial charge in [0.05, 0.1) is 7.11 Å². The summed E-state index contributed by atoms with van der Waals surface area (Å²) in [6, 6.07) is 10.2. The van der Waals surface area contributed by atoms with Crippen LogP contribution in [0.3, 0.4) is 0 Å². The van der Waals surface area contributed by atoms with Gasteiger partial charge in [-0.25, -0.2) is 0 Å². The Bertz CT molecular complexity index is 203. The summed E-state index contributed by atoms with van der Waals surface area (Å²) in [5.74, 6) is 0. The Kier molecular flexibility index (Phi) is 5.72. The van der Waals surface area contributed by atoms with E-state index in [1.807, 2.05) is 25.2 Å². The zero-order chi connectivity index (χ0) is 8.10. The van der Waals surface area contributed by atoms with Gasteiger partial charge in [0.15, 0.2) is 0 Å². The van der Waals surface area contributed by atoms with Gasteiger partial charge in [0.1, 0.15) is 0 Å². The summed E-state index contributed by atoms with van der Waals surface area (Å²) in [5, 5.41) is 1.79. The molecule has 0 aliphatic rings. The molecule has 0 unspecified atom stereocenters. The minimum atomic E-state index is 0. The minimum Gasteiger partial charge on any atom is -0.302 e. The van der Waals surface area contributed by atoms with Gasteiger partial charge in [-0.05, 0) is 5.56 Å². The average Bonchev–Trinajstić information content (AvgIpc) is 2.06. The lowest BCUT2D eigenvalue weighted by Crippen LogP contribution is -2.15. The Labute approximate surface area is 79.5 Å². The van der Waals surface area contributed by atoms with Crippen LogP contribution in [0.25, 0.3) is 0 Å². The lowest BCUT2D eigenvalue weighted by atomic mass is 10.2. The van der Waals surface area contributed by atoms with E-state index in [1.54, 1.807) is 12.2 Å². The van der Waals surface area contributed by atoms with E-state index < -0.39 is 0 Å². The molecule has 0 aliphatic heterocycles. The Morgan fingerprint density at radius 2 is 1.83 bits per heavy atom. The predicted octanol–water partition coefficient (Wildman–Crippen LogP) is 2.10. The van der Waals surface area contributed by atoms with E-state index >= 15 is 0 Å². The van der Waals surface area contributed by atoms with Gasteiger partial charge >= 0.3 is 0 Å². The third kappa shape index (κ3) is 3.72. The van der Waals surface area contributed by atoms with Crippen LogP contribution < -0.4 is 0 Å². The smallest absolute Gasteiger partial charge is 0.0575 e. The van der Waals surface area contributed by atoms with Crippen molar-refractivity contribution in [3.05, 3.63) is 35.9 Å². The number of halogens is 1. The van der Waals surface area contributed by atoms with Crippen LogP contribution in [0.1, 0.15) is 5.56 Å². The SMILES string of the molecule is CON(C)Cc1ccccc1.Cl. The first kappa shape index (κ1) is 11.4. The first-order valence-electron chi connectivity index (χ1n) is 3.62. The summed E-state index contributed by atoms with van der Waals surface area (Å²) in [4.78, 5) is 4.99. The van der Waals surface area contributed by atoms with Gasteiger partial charge in [0.25, 0.3) is 0 Å². The van der Waals surface area contributed by atoms with E-state index in [4.69, 9.17) is 4.84 Å². The number of nitrogens with zero attached hydrogens (tertiary/aromatic N) is 1. The third-order valence-corrected chi connectivity index (χ3v) is 1.56. The zero-order valence-electron chi connectivity index (χ0n) is 7.36. The molecule has 0 atom stereocenters. The van der Waals surface area contributed by atoms with Crippen LogP contribution >= 0.6 is 12.4 Å². The second kappa shape index (κ2) is 6.00. The van der Waals surface area contributed by atoms with Crippen LogP contribution in [0.15, 0.2) is 30.3 Å². The zero-order valence-corrected chi connectivity index (χ0v) is 8.17. The van der Waals surface area contributed by atoms with Crippen molar-refractivity contribution in [2.45, 2.75) is 6.54 Å². The molecule has 68 valence electrons. The monoisotopic (exact) mass is 187 g/mol. The van der Waals surface area contributed by atoms with Gasteiger partial charge in [0.2, 0.25) is 0 Å². The Balaban J connectivity index is 0.00000121. The minimum absolute atomic E-state index is 0. The first-order valence-corrected chi connectivity index (χ1v) is 3.62. The van der Waals surface area contributed by atoms with Crippen LogP contribution in [0.2, 0.25) is 0 Å². The Hall–Kier alpha value is -0.570. The van der Waals surface area contributed by atoms with Gasteiger partial charge in [-0.1, -0.05) is 30.3 Å². The van der Waals surface area contributed by atoms with Crippen LogP contribution in [0.5, 0.6) is 0 Å². The van der Waals surface area contributed by atoms with E-state index in [0.29, 0.717) is 0 Å². The number of hydrogen-bond acceptors (Lipinski definition) is 2. The molecule has 0 spiro atoms. The van der Waals surface area contributed by atoms with Gasteiger partial charge in [0, 0.05) is 13.6 Å². The molecule has 3 heteroatoms. The summed E-state index contributed by atoms with van der Waals surface area (Å²) >= 11 is 0. The standard InChI is InChI=1S/C9H13NO.ClH/c1-10(11-2)8-9-6-4-3-5-7-9;/h3-7H,8H2,1-2H3;1H. The Morgan fingerprint density at radius 1 is 1.25 bits per heavy atom. The number of hydroxylamine groups is 2. The van der Waals surface area contributed by atoms with Crippen LogP contribution in [-0.4, -0.2) is 19.2 Å². The summed E-state index contributed by atoms with van der Waals surface area (Å²) in [7, 11) is 3.58. The molecule has 0 radical (unpaired) electrons. The van der Waals surface area contributed by atoms with Gasteiger partial charge < -0.3 is 4.84 Å². The van der Waals surface area contributed by atoms with E-state index in [0.717, 1.165) is 6.54 Å². The van der Waals surface area contributed by atoms with E-state index in [9.17, 15) is 0 Å². The highest BCUT2D eigenvalue weighted by atomic mass is 35.5. The maximum absolute atomic E-state index is 4.99. The molecule has 2 nitrogen and oxygen atoms in total. The second-order valence-corrected chi connectivity index (χ2v) is 2.45. The molecule has 0 amide bonds. The van der Waals surface area contributed by atoms with Crippen LogP contribution in [0.4, 0.5) is 0 Å². The van der Waals surface area contributed by atoms with Crippen molar-refractivity contribution in [3.63, 3.8) is 0 Å². The topological polar surface area (TPSA) is 12.5 Å². The lowest BCUT2D eigenvalue weighted by Gasteiger charge is -2.12. The largest absolute Gasteiger partial charge is 0.302 e. The molecule has 1 rings (SSSR count). The maximum atomic E-state index is 4.99. The van der Waals surface area contributed by atoms with E-state index in [1.165, 1.54) is 5.56 Å².